The van der Waals surface area contributed by atoms with Gasteiger partial charge in [0.05, 0.1) is 74.1 Å². The van der Waals surface area contributed by atoms with Crippen LogP contribution in [0.15, 0.2) is 70.1 Å². The Morgan fingerprint density at radius 1 is 0.735 bits per heavy atom. The molecule has 5 unspecified atom stereocenters. The molecule has 23 heteroatoms. The van der Waals surface area contributed by atoms with Crippen molar-refractivity contribution in [2.45, 2.75) is 242 Å². The van der Waals surface area contributed by atoms with Crippen molar-refractivity contribution in [1.82, 2.24) is 0 Å². The number of esters is 1. The summed E-state index contributed by atoms with van der Waals surface area (Å²) in [6.07, 6.45) is -11.5. The van der Waals surface area contributed by atoms with E-state index >= 15 is 0 Å². The average molecular weight is 1190 g/mol. The summed E-state index contributed by atoms with van der Waals surface area (Å²) < 4.78 is 78.8. The van der Waals surface area contributed by atoms with Gasteiger partial charge in [0.25, 0.3) is 0 Å². The van der Waals surface area contributed by atoms with Crippen LogP contribution in [-0.2, 0) is 66.4 Å². The molecule has 0 aliphatic carbocycles. The van der Waals surface area contributed by atoms with E-state index in [4.69, 9.17) is 61.6 Å². The van der Waals surface area contributed by atoms with Crippen LogP contribution < -0.4 is 0 Å². The number of carbonyl (C=O) groups excluding carboxylic acids is 1. The Morgan fingerprint density at radius 3 is 1.99 bits per heavy atom. The molecule has 24 atom stereocenters. The van der Waals surface area contributed by atoms with Crippen molar-refractivity contribution in [1.29, 1.82) is 0 Å². The van der Waals surface area contributed by atoms with Crippen LogP contribution in [0.2, 0.25) is 0 Å². The van der Waals surface area contributed by atoms with E-state index in [1.165, 1.54) is 61.5 Å². The summed E-state index contributed by atoms with van der Waals surface area (Å²) in [5, 5.41) is 103. The number of methoxy groups -OCH3 is 5. The number of ether oxygens (including phenoxy) is 13. The van der Waals surface area contributed by atoms with E-state index in [1.807, 2.05) is 32.9 Å². The zero-order valence-electron chi connectivity index (χ0n) is 51.3. The number of hydrogen-bond donors (Lipinski definition) is 9. The summed E-state index contributed by atoms with van der Waals surface area (Å²) in [6.45, 7) is 18.2. The fourth-order valence-electron chi connectivity index (χ4n) is 12.0. The number of cyclic esters (lactones) is 1. The van der Waals surface area contributed by atoms with Gasteiger partial charge in [-0.05, 0) is 98.5 Å². The molecule has 4 saturated heterocycles. The maximum Gasteiger partial charge on any atom is 0.334 e. The standard InChI is InChI=1S/C60H98O23/c1-30-20-31(2)22-41(62)44(73-14)27-43(79-56(68)34(5)24-40(72-13)25-39(29-61)23-33(4)50(32(3)21-30)81-57-49(65)48(64)52(74-15)37(8)78-57)35(6)60(70)55(75-16)54(67)59(11,45(82-60)18-17-19-71-12)83-46-26-42(63)51(36(7)76-46)80-47-28-58(10,69)53(66)38(9)77-47/h20-25,33,35-38,41-55,57,61-67,69-70H,17-19,26-29H2,1-16H3/b30-20+,31-22-,32-21+,34-24+,39-23-,40-25-/t33?,35-,36+,37+,38+,41?,42-,43?,44?,45+,46-,47-,48+,49+,50?,51+,52+,53+,54+,55+,57+,58+,59+,60-/m0/s1. The van der Waals surface area contributed by atoms with Crippen LogP contribution >= 0.6 is 0 Å². The molecule has 9 N–H and O–H groups in total. The minimum atomic E-state index is -2.46. The highest BCUT2D eigenvalue weighted by Crippen LogP contribution is 2.47. The molecule has 0 radical (unpaired) electrons. The van der Waals surface area contributed by atoms with Gasteiger partial charge < -0.3 is 108 Å². The zero-order chi connectivity index (χ0) is 62.1. The van der Waals surface area contributed by atoms with Crippen LogP contribution in [0, 0.1) is 11.8 Å². The summed E-state index contributed by atoms with van der Waals surface area (Å²) >= 11 is 0. The molecule has 83 heavy (non-hydrogen) atoms. The summed E-state index contributed by atoms with van der Waals surface area (Å²) in [5.74, 6) is -4.99. The zero-order valence-corrected chi connectivity index (χ0v) is 51.3. The second-order valence-corrected chi connectivity index (χ2v) is 23.6. The third-order valence-corrected chi connectivity index (χ3v) is 16.8. The van der Waals surface area contributed by atoms with Crippen molar-refractivity contribution < 1.29 is 112 Å². The first-order valence-electron chi connectivity index (χ1n) is 28.7. The average Bonchev–Trinajstić information content (AvgIpc) is 1.93. The Labute approximate surface area is 489 Å². The van der Waals surface area contributed by atoms with Gasteiger partial charge in [0.1, 0.15) is 60.2 Å². The first-order chi connectivity index (χ1) is 38.9. The third kappa shape index (κ3) is 17.2. The van der Waals surface area contributed by atoms with Gasteiger partial charge in [0.15, 0.2) is 18.9 Å². The fourth-order valence-corrected chi connectivity index (χ4v) is 12.0. The molecule has 476 valence electrons. The highest BCUT2D eigenvalue weighted by atomic mass is 16.7. The predicted octanol–water partition coefficient (Wildman–Crippen LogP) is 2.84. The molecule has 5 aliphatic rings. The molecule has 0 aromatic heterocycles. The number of aliphatic hydroxyl groups excluding tert-OH is 7. The second kappa shape index (κ2) is 30.7. The van der Waals surface area contributed by atoms with E-state index in [0.29, 0.717) is 23.1 Å². The maximum absolute atomic E-state index is 14.5. The quantitative estimate of drug-likeness (QED) is 0.0747. The van der Waals surface area contributed by atoms with Crippen LogP contribution in [0.1, 0.15) is 108 Å². The highest BCUT2D eigenvalue weighted by Gasteiger charge is 2.64. The van der Waals surface area contributed by atoms with Crippen LogP contribution in [0.3, 0.4) is 0 Å². The van der Waals surface area contributed by atoms with Crippen molar-refractivity contribution in [2.75, 3.05) is 48.8 Å². The first-order valence-corrected chi connectivity index (χ1v) is 28.7. The highest BCUT2D eigenvalue weighted by molar-refractivity contribution is 5.88. The lowest BCUT2D eigenvalue weighted by Gasteiger charge is -2.57. The number of aliphatic hydroxyl groups is 9. The molecule has 0 aromatic carbocycles. The third-order valence-electron chi connectivity index (χ3n) is 16.8. The van der Waals surface area contributed by atoms with Crippen molar-refractivity contribution in [3.63, 3.8) is 0 Å². The normalized spacial score (nSPS) is 46.4. The number of carbonyl (C=O) groups is 1. The Morgan fingerprint density at radius 2 is 1.40 bits per heavy atom. The predicted molar refractivity (Wildman–Crippen MR) is 300 cm³/mol. The summed E-state index contributed by atoms with van der Waals surface area (Å²) in [6, 6.07) is 0. The summed E-state index contributed by atoms with van der Waals surface area (Å²) in [5.41, 5.74) is -0.823. The van der Waals surface area contributed by atoms with Crippen molar-refractivity contribution >= 4 is 5.97 Å². The van der Waals surface area contributed by atoms with Crippen LogP contribution in [0.5, 0.6) is 0 Å². The van der Waals surface area contributed by atoms with E-state index in [2.05, 4.69) is 0 Å². The molecule has 5 rings (SSSR count). The number of rotatable bonds is 17. The van der Waals surface area contributed by atoms with Gasteiger partial charge in [-0.2, -0.15) is 0 Å². The van der Waals surface area contributed by atoms with Crippen molar-refractivity contribution in [2.24, 2.45) is 11.8 Å². The van der Waals surface area contributed by atoms with Gasteiger partial charge >= 0.3 is 5.97 Å². The van der Waals surface area contributed by atoms with E-state index in [9.17, 15) is 50.8 Å². The number of allylic oxidation sites excluding steroid dienone is 5. The molecule has 0 aromatic rings. The molecule has 5 aliphatic heterocycles. The molecule has 23 nitrogen and oxygen atoms in total. The molecule has 5 heterocycles. The SMILES string of the molecule is COCCC[C@H]1O[C@@](O)([C@@H](C)C2CC(OC)C(O)\C=C(C)/C=C(C)/C=C(\C)C(O[C@H]3O[C@H](C)[C@@H](OC)[C@H](O)[C@H]3O)C(C)/C=C(CO)/C=C(OC)/C=C(\C)C(=O)O2)[C@H](OC)[C@@H](O)[C@]1(C)O[C@H]1C[C@H](O)[C@H](O[C@H]2C[C@@](C)(O)[C@H](O)[C@@H](C)O2)[C@@H](C)O1. The first kappa shape index (κ1) is 70.7. The van der Waals surface area contributed by atoms with Gasteiger partial charge in [-0.3, -0.25) is 0 Å². The monoisotopic (exact) mass is 1190 g/mol. The molecule has 4 fully saturated rings. The maximum atomic E-state index is 14.5. The smallest absolute Gasteiger partial charge is 0.334 e. The summed E-state index contributed by atoms with van der Waals surface area (Å²) in [7, 11) is 6.97. The lowest BCUT2D eigenvalue weighted by Crippen LogP contribution is -2.74. The molecule has 0 amide bonds. The Balaban J connectivity index is 1.51. The molecular weight excluding hydrogens is 1090 g/mol. The molecule has 0 bridgehead atoms. The lowest BCUT2D eigenvalue weighted by atomic mass is 9.75. The van der Waals surface area contributed by atoms with E-state index in [0.717, 1.165) is 5.57 Å². The van der Waals surface area contributed by atoms with Crippen LogP contribution in [-0.4, -0.2) is 234 Å². The molecule has 0 spiro atoms. The Bertz CT molecular complexity index is 2270. The van der Waals surface area contributed by atoms with Gasteiger partial charge in [-0.1, -0.05) is 49.3 Å². The van der Waals surface area contributed by atoms with Gasteiger partial charge in [0, 0.05) is 65.8 Å². The second-order valence-electron chi connectivity index (χ2n) is 23.6. The fraction of sp³-hybridized carbons (Fsp3) is 0.783. The van der Waals surface area contributed by atoms with Crippen LogP contribution in [0.4, 0.5) is 0 Å². The topological polar surface area (TPSA) is 319 Å². The van der Waals surface area contributed by atoms with Gasteiger partial charge in [-0.25, -0.2) is 4.79 Å². The number of hydrogen-bond acceptors (Lipinski definition) is 23. The Hall–Kier alpha value is -3.09. The van der Waals surface area contributed by atoms with E-state index in [-0.39, 0.29) is 43.6 Å². The van der Waals surface area contributed by atoms with Crippen molar-refractivity contribution in [3.8, 4) is 0 Å². The minimum absolute atomic E-state index is 0.0210. The molecular formula is C60H98O23. The van der Waals surface area contributed by atoms with E-state index < -0.39 is 158 Å². The van der Waals surface area contributed by atoms with Crippen molar-refractivity contribution in [3.05, 3.63) is 70.1 Å². The van der Waals surface area contributed by atoms with E-state index in [1.54, 1.807) is 53.7 Å². The van der Waals surface area contributed by atoms with Gasteiger partial charge in [0.2, 0.25) is 5.79 Å². The van der Waals surface area contributed by atoms with Crippen LogP contribution in [0.25, 0.3) is 0 Å². The Kier molecular flexibility index (Phi) is 26.1. The lowest BCUT2D eigenvalue weighted by molar-refractivity contribution is -0.416. The molecule has 0 saturated carbocycles. The summed E-state index contributed by atoms with van der Waals surface area (Å²) in [4.78, 5) is 14.5. The largest absolute Gasteiger partial charge is 0.497 e. The van der Waals surface area contributed by atoms with Gasteiger partial charge in [-0.15, -0.1) is 0 Å². The minimum Gasteiger partial charge on any atom is -0.497 e.